The summed E-state index contributed by atoms with van der Waals surface area (Å²) in [5, 5.41) is 3.19. The number of likely N-dealkylation sites (tertiary alicyclic amines) is 1. The van der Waals surface area contributed by atoms with Gasteiger partial charge in [-0.1, -0.05) is 12.1 Å². The Hall–Kier alpha value is -0.620. The van der Waals surface area contributed by atoms with E-state index in [1.807, 2.05) is 31.3 Å². The highest BCUT2D eigenvalue weighted by atomic mass is 127. The maximum Gasteiger partial charge on any atom is 0.255 e. The average Bonchev–Trinajstić information content (AvgIpc) is 2.45. The van der Waals surface area contributed by atoms with Crippen molar-refractivity contribution < 1.29 is 4.79 Å². The highest BCUT2D eigenvalue weighted by molar-refractivity contribution is 14.1. The quantitative estimate of drug-likeness (QED) is 0.825. The van der Waals surface area contributed by atoms with E-state index in [-0.39, 0.29) is 5.91 Å². The molecule has 0 radical (unpaired) electrons. The molecule has 1 aromatic rings. The molecule has 1 fully saturated rings. The standard InChI is InChI=1S/C15H21IN2O/c1-17-10-9-12-6-4-5-11-18(12)15(19)13-7-2-3-8-14(13)16/h2-3,7-8,12,17H,4-6,9-11H2,1H3. The van der Waals surface area contributed by atoms with Crippen molar-refractivity contribution in [1.82, 2.24) is 10.2 Å². The lowest BCUT2D eigenvalue weighted by Crippen LogP contribution is -2.45. The summed E-state index contributed by atoms with van der Waals surface area (Å²) in [6.45, 7) is 1.87. The third kappa shape index (κ3) is 3.69. The average molecular weight is 372 g/mol. The van der Waals surface area contributed by atoms with Crippen molar-refractivity contribution in [2.45, 2.75) is 31.7 Å². The Morgan fingerprint density at radius 2 is 2.21 bits per heavy atom. The molecule has 0 spiro atoms. The van der Waals surface area contributed by atoms with Gasteiger partial charge in [0, 0.05) is 16.2 Å². The van der Waals surface area contributed by atoms with E-state index < -0.39 is 0 Å². The smallest absolute Gasteiger partial charge is 0.255 e. The fourth-order valence-corrected chi connectivity index (χ4v) is 3.29. The molecule has 104 valence electrons. The molecule has 1 unspecified atom stereocenters. The molecule has 0 aliphatic carbocycles. The molecule has 2 rings (SSSR count). The van der Waals surface area contributed by atoms with Crippen LogP contribution in [0, 0.1) is 3.57 Å². The van der Waals surface area contributed by atoms with Crippen LogP contribution in [0.15, 0.2) is 24.3 Å². The minimum atomic E-state index is 0.200. The minimum absolute atomic E-state index is 0.200. The second kappa shape index (κ2) is 7.24. The zero-order chi connectivity index (χ0) is 13.7. The highest BCUT2D eigenvalue weighted by Gasteiger charge is 2.27. The molecule has 1 aliphatic heterocycles. The lowest BCUT2D eigenvalue weighted by molar-refractivity contribution is 0.0601. The van der Waals surface area contributed by atoms with Crippen molar-refractivity contribution in [3.8, 4) is 0 Å². The van der Waals surface area contributed by atoms with Crippen molar-refractivity contribution in [3.63, 3.8) is 0 Å². The molecule has 1 atom stereocenters. The second-order valence-corrected chi connectivity index (χ2v) is 6.18. The van der Waals surface area contributed by atoms with E-state index in [4.69, 9.17) is 0 Å². The normalized spacial score (nSPS) is 19.5. The number of nitrogens with one attached hydrogen (secondary N) is 1. The molecule has 3 nitrogen and oxygen atoms in total. The van der Waals surface area contributed by atoms with E-state index in [1.165, 1.54) is 6.42 Å². The maximum atomic E-state index is 12.7. The van der Waals surface area contributed by atoms with Gasteiger partial charge in [-0.05, 0) is 74.0 Å². The number of halogens is 1. The van der Waals surface area contributed by atoms with Gasteiger partial charge >= 0.3 is 0 Å². The van der Waals surface area contributed by atoms with E-state index >= 15 is 0 Å². The van der Waals surface area contributed by atoms with E-state index in [1.54, 1.807) is 0 Å². The molecule has 0 aromatic heterocycles. The number of nitrogens with zero attached hydrogens (tertiary/aromatic N) is 1. The van der Waals surface area contributed by atoms with Crippen LogP contribution in [0.3, 0.4) is 0 Å². The molecular weight excluding hydrogens is 351 g/mol. The molecule has 1 aliphatic rings. The third-order valence-corrected chi connectivity index (χ3v) is 4.66. The first-order chi connectivity index (χ1) is 9.24. The largest absolute Gasteiger partial charge is 0.336 e. The van der Waals surface area contributed by atoms with Crippen LogP contribution in [0.25, 0.3) is 0 Å². The third-order valence-electron chi connectivity index (χ3n) is 3.72. The summed E-state index contributed by atoms with van der Waals surface area (Å²) in [5.74, 6) is 0.200. The van der Waals surface area contributed by atoms with Crippen LogP contribution in [0.2, 0.25) is 0 Å². The molecule has 1 N–H and O–H groups in total. The maximum absolute atomic E-state index is 12.7. The fraction of sp³-hybridized carbons (Fsp3) is 0.533. The zero-order valence-electron chi connectivity index (χ0n) is 11.4. The van der Waals surface area contributed by atoms with Gasteiger partial charge in [0.1, 0.15) is 0 Å². The van der Waals surface area contributed by atoms with E-state index in [2.05, 4.69) is 32.8 Å². The molecule has 1 amide bonds. The number of benzene rings is 1. The van der Waals surface area contributed by atoms with Crippen molar-refractivity contribution >= 4 is 28.5 Å². The van der Waals surface area contributed by atoms with Crippen LogP contribution >= 0.6 is 22.6 Å². The Morgan fingerprint density at radius 3 is 2.95 bits per heavy atom. The van der Waals surface area contributed by atoms with Crippen LogP contribution in [0.1, 0.15) is 36.0 Å². The van der Waals surface area contributed by atoms with Gasteiger partial charge in [-0.25, -0.2) is 0 Å². The lowest BCUT2D eigenvalue weighted by atomic mass is 9.98. The number of carbonyl (C=O) groups excluding carboxylic acids is 1. The Bertz CT molecular complexity index is 436. The Morgan fingerprint density at radius 1 is 1.42 bits per heavy atom. The van der Waals surface area contributed by atoms with Crippen LogP contribution in [-0.2, 0) is 0 Å². The van der Waals surface area contributed by atoms with Gasteiger partial charge in [-0.2, -0.15) is 0 Å². The predicted octanol–water partition coefficient (Wildman–Crippen LogP) is 2.90. The Kier molecular flexibility index (Phi) is 5.63. The summed E-state index contributed by atoms with van der Waals surface area (Å²) >= 11 is 2.25. The summed E-state index contributed by atoms with van der Waals surface area (Å²) in [4.78, 5) is 14.8. The van der Waals surface area contributed by atoms with E-state index in [0.29, 0.717) is 6.04 Å². The molecule has 4 heteroatoms. The Balaban J connectivity index is 2.13. The van der Waals surface area contributed by atoms with Gasteiger partial charge in [-0.3, -0.25) is 4.79 Å². The van der Waals surface area contributed by atoms with Crippen molar-refractivity contribution in [3.05, 3.63) is 33.4 Å². The molecule has 0 saturated carbocycles. The summed E-state index contributed by atoms with van der Waals surface area (Å²) < 4.78 is 1.04. The first-order valence-corrected chi connectivity index (χ1v) is 8.02. The van der Waals surface area contributed by atoms with Crippen molar-refractivity contribution in [2.24, 2.45) is 0 Å². The second-order valence-electron chi connectivity index (χ2n) is 5.02. The van der Waals surface area contributed by atoms with Gasteiger partial charge in [0.05, 0.1) is 5.56 Å². The molecule has 1 heterocycles. The van der Waals surface area contributed by atoms with Gasteiger partial charge in [0.15, 0.2) is 0 Å². The van der Waals surface area contributed by atoms with E-state index in [0.717, 1.165) is 41.5 Å². The summed E-state index contributed by atoms with van der Waals surface area (Å²) in [6.07, 6.45) is 4.55. The number of rotatable bonds is 4. The first kappa shape index (κ1) is 14.8. The minimum Gasteiger partial charge on any atom is -0.336 e. The molecular formula is C15H21IN2O. The van der Waals surface area contributed by atoms with Crippen LogP contribution in [0.5, 0.6) is 0 Å². The summed E-state index contributed by atoms with van der Waals surface area (Å²) in [6, 6.07) is 8.26. The predicted molar refractivity (Wildman–Crippen MR) is 86.4 cm³/mol. The fourth-order valence-electron chi connectivity index (χ4n) is 2.67. The SMILES string of the molecule is CNCCC1CCCCN1C(=O)c1ccccc1I. The number of hydrogen-bond donors (Lipinski definition) is 1. The van der Waals surface area contributed by atoms with Crippen molar-refractivity contribution in [1.29, 1.82) is 0 Å². The topological polar surface area (TPSA) is 32.3 Å². The van der Waals surface area contributed by atoms with Gasteiger partial charge in [-0.15, -0.1) is 0 Å². The first-order valence-electron chi connectivity index (χ1n) is 6.94. The molecule has 1 aromatic carbocycles. The molecule has 1 saturated heterocycles. The highest BCUT2D eigenvalue weighted by Crippen LogP contribution is 2.23. The summed E-state index contributed by atoms with van der Waals surface area (Å²) in [7, 11) is 1.97. The van der Waals surface area contributed by atoms with Gasteiger partial charge < -0.3 is 10.2 Å². The van der Waals surface area contributed by atoms with Gasteiger partial charge in [0.2, 0.25) is 0 Å². The monoisotopic (exact) mass is 372 g/mol. The zero-order valence-corrected chi connectivity index (χ0v) is 13.5. The number of amides is 1. The lowest BCUT2D eigenvalue weighted by Gasteiger charge is -2.36. The molecule has 19 heavy (non-hydrogen) atoms. The van der Waals surface area contributed by atoms with Crippen LogP contribution in [-0.4, -0.2) is 37.0 Å². The van der Waals surface area contributed by atoms with Crippen LogP contribution < -0.4 is 5.32 Å². The number of piperidine rings is 1. The molecule has 0 bridgehead atoms. The number of carbonyl (C=O) groups is 1. The number of hydrogen-bond acceptors (Lipinski definition) is 2. The van der Waals surface area contributed by atoms with Crippen molar-refractivity contribution in [2.75, 3.05) is 20.1 Å². The summed E-state index contributed by atoms with van der Waals surface area (Å²) in [5.41, 5.74) is 0.847. The van der Waals surface area contributed by atoms with Gasteiger partial charge in [0.25, 0.3) is 5.91 Å². The van der Waals surface area contributed by atoms with Crippen LogP contribution in [0.4, 0.5) is 0 Å². The Labute approximate surface area is 128 Å². The van der Waals surface area contributed by atoms with E-state index in [9.17, 15) is 4.79 Å².